The molecule has 7 aromatic rings. The fourth-order valence-corrected chi connectivity index (χ4v) is 7.22. The van der Waals surface area contributed by atoms with Gasteiger partial charge in [-0.2, -0.15) is 0 Å². The Hall–Kier alpha value is -6.06. The summed E-state index contributed by atoms with van der Waals surface area (Å²) >= 11 is 0. The summed E-state index contributed by atoms with van der Waals surface area (Å²) in [5.41, 5.74) is 13.2. The average Bonchev–Trinajstić information content (AvgIpc) is 3.37. The molecule has 0 atom stereocenters. The molecule has 48 heavy (non-hydrogen) atoms. The number of hydrogen-bond acceptors (Lipinski definition) is 3. The Bertz CT molecular complexity index is 2300. The molecule has 230 valence electrons. The second kappa shape index (κ2) is 11.0. The number of rotatable bonds is 5. The van der Waals surface area contributed by atoms with Crippen molar-refractivity contribution in [2.24, 2.45) is 0 Å². The number of anilines is 3. The van der Waals surface area contributed by atoms with Gasteiger partial charge in [0.05, 0.1) is 0 Å². The van der Waals surface area contributed by atoms with E-state index in [0.29, 0.717) is 0 Å². The lowest BCUT2D eigenvalue weighted by molar-refractivity contribution is 0.360. The van der Waals surface area contributed by atoms with Crippen LogP contribution in [0.2, 0.25) is 0 Å². The van der Waals surface area contributed by atoms with Crippen LogP contribution < -0.4 is 14.4 Å². The van der Waals surface area contributed by atoms with Crippen LogP contribution in [-0.2, 0) is 5.41 Å². The van der Waals surface area contributed by atoms with E-state index in [-0.39, 0.29) is 5.41 Å². The van der Waals surface area contributed by atoms with Gasteiger partial charge in [-0.15, -0.1) is 0 Å². The Morgan fingerprint density at radius 3 is 1.58 bits per heavy atom. The van der Waals surface area contributed by atoms with E-state index < -0.39 is 0 Å². The Balaban J connectivity index is 1.10. The molecule has 7 aromatic carbocycles. The molecular weight excluding hydrogens is 587 g/mol. The van der Waals surface area contributed by atoms with Crippen molar-refractivity contribution in [3.8, 4) is 56.4 Å². The third kappa shape index (κ3) is 4.66. The summed E-state index contributed by atoms with van der Waals surface area (Å²) in [6.07, 6.45) is 0. The molecule has 0 amide bonds. The molecule has 0 spiro atoms. The number of nitrogens with zero attached hydrogens (tertiary/aromatic N) is 1. The first kappa shape index (κ1) is 28.2. The molecule has 1 aliphatic heterocycles. The first-order chi connectivity index (χ1) is 23.5. The van der Waals surface area contributed by atoms with E-state index >= 15 is 0 Å². The maximum Gasteiger partial charge on any atom is 0.170 e. The molecule has 0 saturated carbocycles. The molecular formula is C45H33NO2. The van der Waals surface area contributed by atoms with E-state index in [1.54, 1.807) is 0 Å². The Morgan fingerprint density at radius 2 is 0.875 bits per heavy atom. The van der Waals surface area contributed by atoms with Crippen molar-refractivity contribution in [3.05, 3.63) is 175 Å². The molecule has 0 radical (unpaired) electrons. The zero-order chi connectivity index (χ0) is 32.2. The van der Waals surface area contributed by atoms with E-state index in [1.807, 2.05) is 30.3 Å². The summed E-state index contributed by atoms with van der Waals surface area (Å²) in [5, 5.41) is 0. The van der Waals surface area contributed by atoms with Gasteiger partial charge in [0, 0.05) is 22.5 Å². The highest BCUT2D eigenvalue weighted by atomic mass is 16.6. The molecule has 3 heteroatoms. The second-order valence-corrected chi connectivity index (χ2v) is 13.0. The lowest BCUT2D eigenvalue weighted by atomic mass is 9.82. The number of fused-ring (bicyclic) bond motifs is 5. The van der Waals surface area contributed by atoms with E-state index in [0.717, 1.165) is 51.2 Å². The maximum atomic E-state index is 6.20. The quantitative estimate of drug-likeness (QED) is 0.191. The largest absolute Gasteiger partial charge is 0.450 e. The molecule has 0 saturated heterocycles. The van der Waals surface area contributed by atoms with Crippen molar-refractivity contribution in [2.75, 3.05) is 4.90 Å². The number of para-hydroxylation sites is 2. The van der Waals surface area contributed by atoms with Crippen molar-refractivity contribution in [2.45, 2.75) is 19.3 Å². The summed E-state index contributed by atoms with van der Waals surface area (Å²) in [7, 11) is 0. The van der Waals surface area contributed by atoms with E-state index in [9.17, 15) is 0 Å². The average molecular weight is 620 g/mol. The van der Waals surface area contributed by atoms with Gasteiger partial charge in [-0.25, -0.2) is 0 Å². The molecule has 3 nitrogen and oxygen atoms in total. The Morgan fingerprint density at radius 1 is 0.375 bits per heavy atom. The van der Waals surface area contributed by atoms with Crippen LogP contribution >= 0.6 is 0 Å². The minimum absolute atomic E-state index is 0.0899. The van der Waals surface area contributed by atoms with Crippen molar-refractivity contribution in [3.63, 3.8) is 0 Å². The minimum Gasteiger partial charge on any atom is -0.450 e. The van der Waals surface area contributed by atoms with Crippen LogP contribution in [0.3, 0.4) is 0 Å². The number of ether oxygens (including phenoxy) is 2. The van der Waals surface area contributed by atoms with Crippen LogP contribution in [0.4, 0.5) is 17.1 Å². The Kier molecular flexibility index (Phi) is 6.48. The van der Waals surface area contributed by atoms with Gasteiger partial charge in [0.15, 0.2) is 23.0 Å². The molecule has 1 heterocycles. The molecule has 9 rings (SSSR count). The lowest BCUT2D eigenvalue weighted by Crippen LogP contribution is -2.16. The van der Waals surface area contributed by atoms with Gasteiger partial charge in [0.25, 0.3) is 0 Å². The zero-order valence-electron chi connectivity index (χ0n) is 26.9. The molecule has 0 aromatic heterocycles. The van der Waals surface area contributed by atoms with Gasteiger partial charge < -0.3 is 14.4 Å². The van der Waals surface area contributed by atoms with Gasteiger partial charge in [0.1, 0.15) is 0 Å². The summed E-state index contributed by atoms with van der Waals surface area (Å²) < 4.78 is 12.3. The summed E-state index contributed by atoms with van der Waals surface area (Å²) in [6, 6.07) is 57.8. The highest BCUT2D eigenvalue weighted by Crippen LogP contribution is 2.51. The van der Waals surface area contributed by atoms with Crippen LogP contribution in [0.25, 0.3) is 33.4 Å². The van der Waals surface area contributed by atoms with Gasteiger partial charge in [-0.3, -0.25) is 0 Å². The number of benzene rings is 7. The molecule has 0 unspecified atom stereocenters. The first-order valence-electron chi connectivity index (χ1n) is 16.4. The van der Waals surface area contributed by atoms with E-state index in [2.05, 4.69) is 152 Å². The van der Waals surface area contributed by atoms with Crippen LogP contribution in [0.5, 0.6) is 23.0 Å². The van der Waals surface area contributed by atoms with Crippen molar-refractivity contribution >= 4 is 17.1 Å². The molecule has 1 aliphatic carbocycles. The third-order valence-corrected chi connectivity index (χ3v) is 9.75. The van der Waals surface area contributed by atoms with Crippen molar-refractivity contribution in [1.82, 2.24) is 0 Å². The normalized spacial score (nSPS) is 13.3. The fraction of sp³-hybridized carbons (Fsp3) is 0.0667. The summed E-state index contributed by atoms with van der Waals surface area (Å²) in [6.45, 7) is 4.67. The van der Waals surface area contributed by atoms with Gasteiger partial charge in [0.2, 0.25) is 0 Å². The second-order valence-electron chi connectivity index (χ2n) is 13.0. The van der Waals surface area contributed by atoms with E-state index in [4.69, 9.17) is 9.47 Å². The SMILES string of the molecule is CC1(C)c2ccccc2-c2ccc(N(c3ccc(-c4ccccc4)cc3)c3ccc(-c4ccc5c(c4)Oc4ccccc4O5)cc3)cc21. The smallest absolute Gasteiger partial charge is 0.170 e. The highest BCUT2D eigenvalue weighted by molar-refractivity contribution is 5.86. The van der Waals surface area contributed by atoms with Crippen LogP contribution in [0.1, 0.15) is 25.0 Å². The first-order valence-corrected chi connectivity index (χ1v) is 16.4. The van der Waals surface area contributed by atoms with E-state index in [1.165, 1.54) is 33.4 Å². The van der Waals surface area contributed by atoms with Gasteiger partial charge in [-0.05, 0) is 105 Å². The lowest BCUT2D eigenvalue weighted by Gasteiger charge is -2.28. The predicted octanol–water partition coefficient (Wildman–Crippen LogP) is 12.7. The van der Waals surface area contributed by atoms with Crippen LogP contribution in [-0.4, -0.2) is 0 Å². The van der Waals surface area contributed by atoms with Gasteiger partial charge in [-0.1, -0.05) is 117 Å². The zero-order valence-corrected chi connectivity index (χ0v) is 26.9. The van der Waals surface area contributed by atoms with Crippen molar-refractivity contribution in [1.29, 1.82) is 0 Å². The van der Waals surface area contributed by atoms with Crippen LogP contribution in [0.15, 0.2) is 164 Å². The fourth-order valence-electron chi connectivity index (χ4n) is 7.22. The van der Waals surface area contributed by atoms with Gasteiger partial charge >= 0.3 is 0 Å². The minimum atomic E-state index is -0.0899. The number of hydrogen-bond donors (Lipinski definition) is 0. The summed E-state index contributed by atoms with van der Waals surface area (Å²) in [4.78, 5) is 2.36. The standard InChI is InChI=1S/C45H33NO2/c1-45(2)39-13-7-6-12-37(39)38-26-25-36(29-40(38)45)46(34-21-16-31(17-22-34)30-10-4-3-5-11-30)35-23-18-32(19-24-35)33-20-27-43-44(28-33)48-42-15-9-8-14-41(42)47-43/h3-29H,1-2H3. The third-order valence-electron chi connectivity index (χ3n) is 9.75. The molecule has 2 aliphatic rings. The molecule has 0 bridgehead atoms. The highest BCUT2D eigenvalue weighted by Gasteiger charge is 2.35. The molecule has 0 fully saturated rings. The topological polar surface area (TPSA) is 21.7 Å². The maximum absolute atomic E-state index is 6.20. The monoisotopic (exact) mass is 619 g/mol. The van der Waals surface area contributed by atoms with Crippen molar-refractivity contribution < 1.29 is 9.47 Å². The Labute approximate surface area is 281 Å². The predicted molar refractivity (Wildman–Crippen MR) is 196 cm³/mol. The summed E-state index contributed by atoms with van der Waals surface area (Å²) in [5.74, 6) is 2.91. The van der Waals surface area contributed by atoms with Crippen LogP contribution in [0, 0.1) is 0 Å². The molecule has 0 N–H and O–H groups in total.